The Morgan fingerprint density at radius 1 is 0.878 bits per heavy atom. The molecule has 2 aromatic rings. The number of phenols is 3. The van der Waals surface area contributed by atoms with Crippen molar-refractivity contribution in [2.45, 2.75) is 78.7 Å². The average Bonchev–Trinajstić information content (AvgIpc) is 3.34. The van der Waals surface area contributed by atoms with Crippen molar-refractivity contribution in [2.75, 3.05) is 12.4 Å². The number of methoxy groups -OCH3 is 1. The summed E-state index contributed by atoms with van der Waals surface area (Å²) in [6, 6.07) is 0. The summed E-state index contributed by atoms with van der Waals surface area (Å²) in [4.78, 5) is 39.4. The van der Waals surface area contributed by atoms with E-state index in [1.807, 2.05) is 0 Å². The van der Waals surface area contributed by atoms with Crippen LogP contribution in [0.2, 0.25) is 0 Å². The number of aliphatic hydroxyl groups excluding tert-OH is 3. The van der Waals surface area contributed by atoms with E-state index in [0.29, 0.717) is 0 Å². The molecule has 0 aliphatic carbocycles. The maximum absolute atomic E-state index is 13.9. The first-order chi connectivity index (χ1) is 22.9. The molecule has 7 N–H and O–H groups in total. The maximum Gasteiger partial charge on any atom is 0.312 e. The van der Waals surface area contributed by atoms with Crippen LogP contribution < -0.4 is 10.1 Å². The summed E-state index contributed by atoms with van der Waals surface area (Å²) in [5.74, 6) is -8.42. The summed E-state index contributed by atoms with van der Waals surface area (Å²) in [5, 5.41) is 68.9. The summed E-state index contributed by atoms with van der Waals surface area (Å²) >= 11 is 0. The standard InChI is InChI=1S/C36H45NO12/c1-15-10-9-11-16(2)35(46)37-26-21(14-38)31(43)23-24(32(26)44)30(42)20(6)33-25(23)34(45)36(7,49-33)48-13-12-22(47-8)17(3)28(40)19(5)29(41)18(4)27(15)39/h9-15,17-19,22,27-29,39-44H,1-8H3,(H,37,46). The Labute approximate surface area is 284 Å². The number of ketones is 1. The van der Waals surface area contributed by atoms with Gasteiger partial charge in [-0.1, -0.05) is 45.9 Å². The minimum absolute atomic E-state index is 0.00862. The van der Waals surface area contributed by atoms with Gasteiger partial charge in [-0.15, -0.1) is 0 Å². The number of hydrogen-bond acceptors (Lipinski definition) is 12. The molecule has 0 radical (unpaired) electrons. The van der Waals surface area contributed by atoms with Crippen molar-refractivity contribution < 1.29 is 59.2 Å². The Balaban J connectivity index is 1.91. The quantitative estimate of drug-likeness (QED) is 0.136. The van der Waals surface area contributed by atoms with Crippen molar-refractivity contribution in [3.8, 4) is 23.0 Å². The first kappa shape index (κ1) is 37.4. The molecule has 0 fully saturated rings. The first-order valence-corrected chi connectivity index (χ1v) is 16.0. The minimum Gasteiger partial charge on any atom is -0.507 e. The van der Waals surface area contributed by atoms with Gasteiger partial charge in [0.25, 0.3) is 11.7 Å². The zero-order valence-electron chi connectivity index (χ0n) is 28.7. The molecule has 5 bridgehead atoms. The number of fused-ring (bicyclic) bond motifs is 14. The number of nitrogens with one attached hydrogen (secondary N) is 1. The molecule has 13 nitrogen and oxygen atoms in total. The van der Waals surface area contributed by atoms with E-state index in [4.69, 9.17) is 14.2 Å². The summed E-state index contributed by atoms with van der Waals surface area (Å²) in [7, 11) is 1.41. The zero-order valence-corrected chi connectivity index (χ0v) is 28.7. The Morgan fingerprint density at radius 3 is 2.10 bits per heavy atom. The lowest BCUT2D eigenvalue weighted by atomic mass is 9.78. The molecule has 9 atom stereocenters. The lowest BCUT2D eigenvalue weighted by molar-refractivity contribution is -0.112. The summed E-state index contributed by atoms with van der Waals surface area (Å²) < 4.78 is 17.3. The van der Waals surface area contributed by atoms with Gasteiger partial charge in [-0.25, -0.2) is 0 Å². The largest absolute Gasteiger partial charge is 0.507 e. The molecule has 3 aliphatic heterocycles. The molecule has 13 heteroatoms. The van der Waals surface area contributed by atoms with Crippen molar-refractivity contribution in [3.63, 3.8) is 0 Å². The van der Waals surface area contributed by atoms with Gasteiger partial charge in [-0.2, -0.15) is 0 Å². The Bertz CT molecular complexity index is 1750. The van der Waals surface area contributed by atoms with Crippen molar-refractivity contribution in [1.82, 2.24) is 0 Å². The van der Waals surface area contributed by atoms with Crippen LogP contribution >= 0.6 is 0 Å². The van der Waals surface area contributed by atoms with Crippen LogP contribution in [0.3, 0.4) is 0 Å². The van der Waals surface area contributed by atoms with E-state index < -0.39 is 99.5 Å². The molecule has 3 aliphatic rings. The Hall–Kier alpha value is -4.43. The fourth-order valence-electron chi connectivity index (χ4n) is 6.47. The van der Waals surface area contributed by atoms with Gasteiger partial charge >= 0.3 is 5.79 Å². The van der Waals surface area contributed by atoms with Crippen LogP contribution in [0.1, 0.15) is 67.8 Å². The fourth-order valence-corrected chi connectivity index (χ4v) is 6.47. The predicted octanol–water partition coefficient (Wildman–Crippen LogP) is 4.00. The van der Waals surface area contributed by atoms with Crippen molar-refractivity contribution in [1.29, 1.82) is 0 Å². The van der Waals surface area contributed by atoms with Gasteiger partial charge in [0.05, 0.1) is 52.9 Å². The smallest absolute Gasteiger partial charge is 0.312 e. The van der Waals surface area contributed by atoms with Crippen molar-refractivity contribution >= 4 is 34.4 Å². The number of allylic oxidation sites excluding steroid dienone is 2. The Morgan fingerprint density at radius 2 is 1.49 bits per heavy atom. The van der Waals surface area contributed by atoms with E-state index in [2.05, 4.69) is 5.32 Å². The van der Waals surface area contributed by atoms with Crippen LogP contribution in [-0.2, 0) is 14.3 Å². The molecule has 266 valence electrons. The van der Waals surface area contributed by atoms with Gasteiger partial charge in [-0.05, 0) is 19.9 Å². The highest BCUT2D eigenvalue weighted by atomic mass is 16.7. The molecular formula is C36H45NO12. The number of carbonyl (C=O) groups excluding carboxylic acids is 3. The van der Waals surface area contributed by atoms with Gasteiger partial charge in [0.15, 0.2) is 12.0 Å². The molecule has 3 heterocycles. The number of aromatic hydroxyl groups is 3. The average molecular weight is 684 g/mol. The van der Waals surface area contributed by atoms with Crippen LogP contribution in [0.25, 0.3) is 10.8 Å². The molecule has 0 saturated heterocycles. The van der Waals surface area contributed by atoms with Gasteiger partial charge in [-0.3, -0.25) is 14.4 Å². The van der Waals surface area contributed by atoms with E-state index in [9.17, 15) is 45.0 Å². The van der Waals surface area contributed by atoms with E-state index in [-0.39, 0.29) is 34.1 Å². The number of phenolic OH excluding ortho intramolecular Hbond substituents is 3. The molecule has 0 aromatic heterocycles. The first-order valence-electron chi connectivity index (χ1n) is 16.0. The van der Waals surface area contributed by atoms with Gasteiger partial charge < -0.3 is 50.2 Å². The molecule has 2 aromatic carbocycles. The summed E-state index contributed by atoms with van der Waals surface area (Å²) in [6.07, 6.45) is 3.34. The van der Waals surface area contributed by atoms with Gasteiger partial charge in [0, 0.05) is 54.2 Å². The number of aliphatic hydroxyl groups is 3. The number of amides is 1. The lowest BCUT2D eigenvalue weighted by Crippen LogP contribution is -2.44. The Kier molecular flexibility index (Phi) is 10.8. The van der Waals surface area contributed by atoms with Gasteiger partial charge in [0.2, 0.25) is 0 Å². The molecule has 0 spiro atoms. The number of aldehydes is 1. The molecule has 9 unspecified atom stereocenters. The van der Waals surface area contributed by atoms with E-state index >= 15 is 0 Å². The SMILES string of the molecule is COC1C=COC2(C)Oc3c(C)c(O)c4c(O)c(c(C=O)c(O)c4c3C2=O)NC(=O)C(C)=CC=CC(C)C(O)C(C)C(O)C(C)C(O)C1C. The molecule has 5 rings (SSSR count). The number of carbonyl (C=O) groups is 3. The van der Waals surface area contributed by atoms with Crippen LogP contribution in [0, 0.1) is 30.6 Å². The highest BCUT2D eigenvalue weighted by Crippen LogP contribution is 2.55. The van der Waals surface area contributed by atoms with Crippen molar-refractivity contribution in [2.24, 2.45) is 23.7 Å². The topological polar surface area (TPSA) is 212 Å². The minimum atomic E-state index is -2.05. The maximum atomic E-state index is 13.9. The second-order valence-electron chi connectivity index (χ2n) is 13.2. The van der Waals surface area contributed by atoms with Crippen molar-refractivity contribution in [3.05, 3.63) is 52.8 Å². The van der Waals surface area contributed by atoms with Crippen LogP contribution in [0.4, 0.5) is 5.69 Å². The molecular weight excluding hydrogens is 638 g/mol. The third-order valence-electron chi connectivity index (χ3n) is 9.89. The number of Topliss-reactive ketones (excluding diaryl/α,β-unsaturated/α-hetero) is 1. The van der Waals surface area contributed by atoms with E-state index in [1.54, 1.807) is 33.8 Å². The number of anilines is 1. The highest BCUT2D eigenvalue weighted by molar-refractivity contribution is 6.23. The molecule has 1 amide bonds. The number of ether oxygens (including phenoxy) is 3. The fraction of sp³-hybridized carbons (Fsp3) is 0.472. The monoisotopic (exact) mass is 683 g/mol. The second kappa shape index (κ2) is 14.2. The molecule has 0 saturated carbocycles. The van der Waals surface area contributed by atoms with E-state index in [0.717, 1.165) is 6.26 Å². The molecule has 49 heavy (non-hydrogen) atoms. The third-order valence-corrected chi connectivity index (χ3v) is 9.89. The zero-order chi connectivity index (χ0) is 36.7. The van der Waals surface area contributed by atoms with Crippen LogP contribution in [0.15, 0.2) is 36.1 Å². The summed E-state index contributed by atoms with van der Waals surface area (Å²) in [5.41, 5.74) is -1.21. The second-order valence-corrected chi connectivity index (χ2v) is 13.2. The normalized spacial score (nSPS) is 31.4. The lowest BCUT2D eigenvalue weighted by Gasteiger charge is -2.36. The van der Waals surface area contributed by atoms with Gasteiger partial charge in [0.1, 0.15) is 17.2 Å². The number of rotatable bonds is 2. The van der Waals surface area contributed by atoms with Crippen LogP contribution in [0.5, 0.6) is 23.0 Å². The number of hydrogen-bond donors (Lipinski definition) is 7. The highest BCUT2D eigenvalue weighted by Gasteiger charge is 2.49. The van der Waals surface area contributed by atoms with Crippen LogP contribution in [-0.4, -0.2) is 85.9 Å². The number of benzene rings is 2. The van der Waals surface area contributed by atoms with E-state index in [1.165, 1.54) is 46.1 Å². The summed E-state index contributed by atoms with van der Waals surface area (Å²) in [6.45, 7) is 10.9. The third kappa shape index (κ3) is 6.51. The predicted molar refractivity (Wildman–Crippen MR) is 180 cm³/mol.